The van der Waals surface area contributed by atoms with Crippen LogP contribution in [0.5, 0.6) is 0 Å². The first kappa shape index (κ1) is 19.3. The molecule has 3 heterocycles. The fourth-order valence-electron chi connectivity index (χ4n) is 2.86. The fraction of sp³-hybridized carbons (Fsp3) is 0.625. The van der Waals surface area contributed by atoms with Crippen molar-refractivity contribution < 1.29 is 22.7 Å². The van der Waals surface area contributed by atoms with Crippen LogP contribution in [-0.2, 0) is 15.7 Å². The first-order valence-electron chi connectivity index (χ1n) is 8.61. The van der Waals surface area contributed by atoms with Crippen LogP contribution in [0.3, 0.4) is 0 Å². The second-order valence-electron chi connectivity index (χ2n) is 6.73. The molecule has 0 spiro atoms. The van der Waals surface area contributed by atoms with Gasteiger partial charge in [-0.3, -0.25) is 4.79 Å². The summed E-state index contributed by atoms with van der Waals surface area (Å²) in [5.74, 6) is -1.45. The molecule has 0 radical (unpaired) electrons. The third kappa shape index (κ3) is 4.12. The minimum absolute atomic E-state index is 0.102. The third-order valence-corrected chi connectivity index (χ3v) is 4.25. The van der Waals surface area contributed by atoms with E-state index in [1.165, 1.54) is 0 Å². The number of ether oxygens (including phenoxy) is 1. The van der Waals surface area contributed by atoms with Crippen molar-refractivity contribution >= 4 is 17.5 Å². The summed E-state index contributed by atoms with van der Waals surface area (Å²) in [6.07, 6.45) is -4.68. The van der Waals surface area contributed by atoms with E-state index in [4.69, 9.17) is 4.74 Å². The van der Waals surface area contributed by atoms with Gasteiger partial charge in [-0.15, -0.1) is 5.10 Å². The summed E-state index contributed by atoms with van der Waals surface area (Å²) >= 11 is 0. The van der Waals surface area contributed by atoms with E-state index >= 15 is 0 Å². The van der Waals surface area contributed by atoms with Crippen molar-refractivity contribution in [2.24, 2.45) is 5.92 Å². The molecule has 1 fully saturated rings. The van der Waals surface area contributed by atoms with Gasteiger partial charge in [0.1, 0.15) is 11.9 Å². The largest absolute Gasteiger partial charge is 0.453 e. The maximum atomic E-state index is 13.0. The van der Waals surface area contributed by atoms with Crippen LogP contribution >= 0.6 is 0 Å². The topological polar surface area (TPSA) is 84.7 Å². The lowest BCUT2D eigenvalue weighted by molar-refractivity contribution is -0.144. The van der Waals surface area contributed by atoms with Crippen molar-refractivity contribution in [3.05, 3.63) is 17.6 Å². The maximum absolute atomic E-state index is 13.0. The molecular formula is C16H21F3N6O2. The van der Waals surface area contributed by atoms with E-state index in [2.05, 4.69) is 20.4 Å². The van der Waals surface area contributed by atoms with Crippen LogP contribution in [0.4, 0.5) is 19.0 Å². The van der Waals surface area contributed by atoms with E-state index in [9.17, 15) is 18.0 Å². The van der Waals surface area contributed by atoms with Gasteiger partial charge in [-0.25, -0.2) is 4.98 Å². The Balaban J connectivity index is 1.94. The zero-order valence-corrected chi connectivity index (χ0v) is 15.2. The molecule has 11 heteroatoms. The van der Waals surface area contributed by atoms with Crippen molar-refractivity contribution in [1.82, 2.24) is 24.5 Å². The van der Waals surface area contributed by atoms with Crippen molar-refractivity contribution in [2.75, 3.05) is 31.6 Å². The van der Waals surface area contributed by atoms with Crippen LogP contribution in [0, 0.1) is 12.8 Å². The summed E-state index contributed by atoms with van der Waals surface area (Å²) in [5.41, 5.74) is 0.465. The molecule has 1 unspecified atom stereocenters. The van der Waals surface area contributed by atoms with Gasteiger partial charge in [0.25, 0.3) is 11.6 Å². The zero-order chi connectivity index (χ0) is 19.8. The van der Waals surface area contributed by atoms with Crippen LogP contribution in [0.2, 0.25) is 0 Å². The molecule has 0 aliphatic carbocycles. The Morgan fingerprint density at radius 3 is 2.52 bits per heavy atom. The molecule has 1 aliphatic heterocycles. The number of aryl methyl sites for hydroxylation is 1. The van der Waals surface area contributed by atoms with Gasteiger partial charge in [0.15, 0.2) is 0 Å². The Hall–Kier alpha value is -2.43. The predicted octanol–water partition coefficient (Wildman–Crippen LogP) is 1.75. The minimum Gasteiger partial charge on any atom is -0.378 e. The number of hydrogen-bond donors (Lipinski definition) is 1. The summed E-state index contributed by atoms with van der Waals surface area (Å²) in [5, 5.41) is 6.57. The molecule has 8 nitrogen and oxygen atoms in total. The molecule has 27 heavy (non-hydrogen) atoms. The van der Waals surface area contributed by atoms with Crippen LogP contribution in [0.1, 0.15) is 25.4 Å². The van der Waals surface area contributed by atoms with Crippen molar-refractivity contribution in [3.8, 4) is 0 Å². The van der Waals surface area contributed by atoms with E-state index in [1.54, 1.807) is 17.9 Å². The van der Waals surface area contributed by atoms with Crippen molar-refractivity contribution in [2.45, 2.75) is 33.0 Å². The molecule has 1 N–H and O–H groups in total. The lowest BCUT2D eigenvalue weighted by Crippen LogP contribution is -2.50. The zero-order valence-electron chi connectivity index (χ0n) is 15.2. The maximum Gasteiger partial charge on any atom is 0.453 e. The van der Waals surface area contributed by atoms with Gasteiger partial charge in [-0.1, -0.05) is 13.8 Å². The quantitative estimate of drug-likeness (QED) is 0.862. The highest BCUT2D eigenvalue weighted by Gasteiger charge is 2.37. The number of hydrogen-bond acceptors (Lipinski definition) is 6. The summed E-state index contributed by atoms with van der Waals surface area (Å²) in [7, 11) is 0. The molecule has 0 saturated carbocycles. The number of carbonyl (C=O) groups is 1. The van der Waals surface area contributed by atoms with Gasteiger partial charge in [0, 0.05) is 24.8 Å². The molecule has 148 valence electrons. The van der Waals surface area contributed by atoms with Gasteiger partial charge in [-0.2, -0.15) is 22.7 Å². The lowest BCUT2D eigenvalue weighted by atomic mass is 10.0. The second kappa shape index (κ2) is 7.29. The molecule has 0 aromatic carbocycles. The number of nitrogens with zero attached hydrogens (tertiary/aromatic N) is 5. The molecule has 1 saturated heterocycles. The normalized spacial score (nSPS) is 16.8. The fourth-order valence-corrected chi connectivity index (χ4v) is 2.86. The molecule has 2 aromatic rings. The van der Waals surface area contributed by atoms with Crippen LogP contribution in [0.15, 0.2) is 6.07 Å². The first-order valence-corrected chi connectivity index (χ1v) is 8.61. The number of morpholine rings is 1. The molecule has 3 rings (SSSR count). The van der Waals surface area contributed by atoms with E-state index in [-0.39, 0.29) is 23.4 Å². The molecule has 1 atom stereocenters. The highest BCUT2D eigenvalue weighted by atomic mass is 19.4. The summed E-state index contributed by atoms with van der Waals surface area (Å²) < 4.78 is 45.1. The minimum atomic E-state index is -4.68. The summed E-state index contributed by atoms with van der Waals surface area (Å²) in [6.45, 7) is 7.27. The van der Waals surface area contributed by atoms with Crippen molar-refractivity contribution in [3.63, 3.8) is 0 Å². The Kier molecular flexibility index (Phi) is 5.22. The number of nitrogens with one attached hydrogen (secondary N) is 1. The van der Waals surface area contributed by atoms with Crippen LogP contribution < -0.4 is 5.32 Å². The van der Waals surface area contributed by atoms with E-state index in [0.29, 0.717) is 32.0 Å². The lowest BCUT2D eigenvalue weighted by Gasteiger charge is -2.32. The third-order valence-electron chi connectivity index (χ3n) is 4.25. The van der Waals surface area contributed by atoms with E-state index < -0.39 is 18.0 Å². The van der Waals surface area contributed by atoms with Crippen LogP contribution in [-0.4, -0.2) is 62.7 Å². The molecule has 1 aliphatic rings. The summed E-state index contributed by atoms with van der Waals surface area (Å²) in [4.78, 5) is 22.0. The number of fused-ring (bicyclic) bond motifs is 1. The van der Waals surface area contributed by atoms with Crippen LogP contribution in [0.25, 0.3) is 5.78 Å². The van der Waals surface area contributed by atoms with E-state index in [0.717, 1.165) is 4.52 Å². The van der Waals surface area contributed by atoms with Gasteiger partial charge < -0.3 is 15.0 Å². The van der Waals surface area contributed by atoms with Crippen molar-refractivity contribution in [1.29, 1.82) is 0 Å². The predicted molar refractivity (Wildman–Crippen MR) is 90.2 cm³/mol. The number of carbonyl (C=O) groups excluding carboxylic acids is 1. The number of anilines is 1. The Morgan fingerprint density at radius 1 is 1.26 bits per heavy atom. The number of halogens is 3. The molecule has 0 bridgehead atoms. The average Bonchev–Trinajstić information content (AvgIpc) is 3.03. The van der Waals surface area contributed by atoms with Gasteiger partial charge in [0.2, 0.25) is 5.91 Å². The molecular weight excluding hydrogens is 365 g/mol. The average molecular weight is 386 g/mol. The summed E-state index contributed by atoms with van der Waals surface area (Å²) in [6, 6.07) is 0.913. The number of rotatable bonds is 4. The van der Waals surface area contributed by atoms with Gasteiger partial charge >= 0.3 is 6.18 Å². The molecule has 1 amide bonds. The van der Waals surface area contributed by atoms with E-state index in [1.807, 2.05) is 13.8 Å². The number of alkyl halides is 3. The Bertz CT molecular complexity index is 829. The highest BCUT2D eigenvalue weighted by Crippen LogP contribution is 2.27. The second-order valence-corrected chi connectivity index (χ2v) is 6.73. The SMILES string of the molecule is Cc1cc(NC(C(=O)N2CCOCC2)C(C)C)n2nc(C(F)(F)F)nc2n1. The Morgan fingerprint density at radius 2 is 1.93 bits per heavy atom. The molecule has 2 aromatic heterocycles. The monoisotopic (exact) mass is 386 g/mol. The standard InChI is InChI=1S/C16H21F3N6O2/c1-9(2)12(13(26)24-4-6-27-7-5-24)21-11-8-10(3)20-15-22-14(16(17,18)19)23-25(11)15/h8-9,12,21H,4-7H2,1-3H3. The smallest absolute Gasteiger partial charge is 0.378 e. The highest BCUT2D eigenvalue weighted by molar-refractivity contribution is 5.85. The van der Waals surface area contributed by atoms with Gasteiger partial charge in [0.05, 0.1) is 13.2 Å². The van der Waals surface area contributed by atoms with Gasteiger partial charge in [-0.05, 0) is 12.8 Å². The first-order chi connectivity index (χ1) is 12.7. The number of aromatic nitrogens is 4. The Labute approximate surface area is 153 Å². The number of amides is 1.